The summed E-state index contributed by atoms with van der Waals surface area (Å²) in [4.78, 5) is 55.3. The van der Waals surface area contributed by atoms with Crippen LogP contribution in [-0.4, -0.2) is 98.3 Å². The molecule has 1 heterocycles. The van der Waals surface area contributed by atoms with Crippen LogP contribution in [0.15, 0.2) is 0 Å². The number of halogens is 2. The SMILES string of the molecule is CCNC(=O)CC[C@H](N)C(=O)O.COC(=O)C(N)CCC(N)=O.COC(=O)C(N)CCN1CCCCC1.Cl.Cl. The fourth-order valence-corrected chi connectivity index (χ4v) is 3.04. The summed E-state index contributed by atoms with van der Waals surface area (Å²) in [6.45, 7) is 5.56. The number of ether oxygens (including phenoxy) is 2. The first kappa shape index (κ1) is 43.8. The van der Waals surface area contributed by atoms with Crippen LogP contribution in [0.1, 0.15) is 58.3 Å². The summed E-state index contributed by atoms with van der Waals surface area (Å²) in [5.41, 5.74) is 21.0. The van der Waals surface area contributed by atoms with E-state index in [-0.39, 0.29) is 62.4 Å². The molecule has 1 aliphatic heterocycles. The molecule has 0 aromatic rings. The lowest BCUT2D eigenvalue weighted by Gasteiger charge is -2.26. The van der Waals surface area contributed by atoms with E-state index in [0.29, 0.717) is 13.0 Å². The van der Waals surface area contributed by atoms with Gasteiger partial charge in [-0.15, -0.1) is 24.8 Å². The number of primary amides is 1. The zero-order chi connectivity index (χ0) is 28.8. The second kappa shape index (κ2) is 27.3. The first-order chi connectivity index (χ1) is 17.4. The van der Waals surface area contributed by atoms with Crippen LogP contribution in [0.2, 0.25) is 0 Å². The molecule has 16 heteroatoms. The van der Waals surface area contributed by atoms with Crippen molar-refractivity contribution in [2.24, 2.45) is 22.9 Å². The van der Waals surface area contributed by atoms with E-state index in [2.05, 4.69) is 19.7 Å². The minimum Gasteiger partial charge on any atom is -0.480 e. The Balaban J connectivity index is -0.000000232. The molecule has 14 nitrogen and oxygen atoms in total. The largest absolute Gasteiger partial charge is 0.480 e. The molecule has 0 bridgehead atoms. The molecule has 2 amide bonds. The fraction of sp³-hybridized carbons (Fsp3) is 0.783. The van der Waals surface area contributed by atoms with Gasteiger partial charge in [-0.1, -0.05) is 6.42 Å². The van der Waals surface area contributed by atoms with Gasteiger partial charge in [-0.3, -0.25) is 24.0 Å². The molecule has 0 aliphatic carbocycles. The van der Waals surface area contributed by atoms with Crippen LogP contribution in [0.4, 0.5) is 0 Å². The molecule has 0 radical (unpaired) electrons. The van der Waals surface area contributed by atoms with Crippen molar-refractivity contribution in [1.29, 1.82) is 0 Å². The maximum Gasteiger partial charge on any atom is 0.322 e. The number of hydrogen-bond acceptors (Lipinski definition) is 11. The van der Waals surface area contributed by atoms with E-state index in [1.54, 1.807) is 6.92 Å². The van der Waals surface area contributed by atoms with Gasteiger partial charge in [0.25, 0.3) is 0 Å². The van der Waals surface area contributed by atoms with E-state index in [4.69, 9.17) is 28.0 Å². The summed E-state index contributed by atoms with van der Waals surface area (Å²) in [6.07, 6.45) is 5.27. The third-order valence-electron chi connectivity index (χ3n) is 5.29. The Morgan fingerprint density at radius 2 is 1.28 bits per heavy atom. The van der Waals surface area contributed by atoms with Gasteiger partial charge in [0, 0.05) is 25.9 Å². The van der Waals surface area contributed by atoms with Gasteiger partial charge >= 0.3 is 17.9 Å². The van der Waals surface area contributed by atoms with Gasteiger partial charge in [0.15, 0.2) is 0 Å². The topological polar surface area (TPSA) is 243 Å². The van der Waals surface area contributed by atoms with E-state index in [9.17, 15) is 24.0 Å². The number of rotatable bonds is 13. The van der Waals surface area contributed by atoms with Crippen molar-refractivity contribution in [1.82, 2.24) is 10.2 Å². The quantitative estimate of drug-likeness (QED) is 0.142. The summed E-state index contributed by atoms with van der Waals surface area (Å²) in [6, 6.07) is -2.14. The monoisotopic (exact) mass is 606 g/mol. The second-order valence-electron chi connectivity index (χ2n) is 8.39. The van der Waals surface area contributed by atoms with Crippen LogP contribution in [0, 0.1) is 0 Å². The number of nitrogens with zero attached hydrogens (tertiary/aromatic N) is 1. The Bertz CT molecular complexity index is 700. The molecule has 0 spiro atoms. The maximum atomic E-state index is 11.0. The number of carbonyl (C=O) groups excluding carboxylic acids is 4. The minimum atomic E-state index is -1.07. The smallest absolute Gasteiger partial charge is 0.322 e. The molecule has 232 valence electrons. The molecule has 2 unspecified atom stereocenters. The number of aliphatic carboxylic acids is 1. The Morgan fingerprint density at radius 1 is 0.821 bits per heavy atom. The molecule has 10 N–H and O–H groups in total. The van der Waals surface area contributed by atoms with Gasteiger partial charge in [0.2, 0.25) is 11.8 Å². The number of esters is 2. The van der Waals surface area contributed by atoms with Gasteiger partial charge in [-0.25, -0.2) is 0 Å². The van der Waals surface area contributed by atoms with Crippen molar-refractivity contribution in [3.63, 3.8) is 0 Å². The molecule has 0 aromatic heterocycles. The van der Waals surface area contributed by atoms with E-state index in [1.807, 2.05) is 0 Å². The number of carboxylic acid groups (broad SMARTS) is 1. The summed E-state index contributed by atoms with van der Waals surface area (Å²) in [5, 5.41) is 10.9. The zero-order valence-corrected chi connectivity index (χ0v) is 24.7. The van der Waals surface area contributed by atoms with Crippen LogP contribution in [-0.2, 0) is 33.4 Å². The molecule has 39 heavy (non-hydrogen) atoms. The predicted octanol–water partition coefficient (Wildman–Crippen LogP) is -0.727. The summed E-state index contributed by atoms with van der Waals surface area (Å²) < 4.78 is 8.90. The summed E-state index contributed by atoms with van der Waals surface area (Å²) in [7, 11) is 2.62. The van der Waals surface area contributed by atoms with Crippen LogP contribution >= 0.6 is 24.8 Å². The van der Waals surface area contributed by atoms with Crippen molar-refractivity contribution in [2.75, 3.05) is 40.4 Å². The van der Waals surface area contributed by atoms with Crippen LogP contribution in [0.5, 0.6) is 0 Å². The Kier molecular flexibility index (Phi) is 30.7. The lowest BCUT2D eigenvalue weighted by Crippen LogP contribution is -2.38. The molecule has 1 rings (SSSR count). The van der Waals surface area contributed by atoms with E-state index >= 15 is 0 Å². The number of carbonyl (C=O) groups is 5. The van der Waals surface area contributed by atoms with Crippen molar-refractivity contribution in [2.45, 2.75) is 76.4 Å². The van der Waals surface area contributed by atoms with Gasteiger partial charge in [-0.05, 0) is 52.1 Å². The Morgan fingerprint density at radius 3 is 1.69 bits per heavy atom. The highest BCUT2D eigenvalue weighted by Gasteiger charge is 2.17. The molecule has 0 saturated carbocycles. The number of likely N-dealkylation sites (tertiary alicyclic amines) is 1. The molecule has 1 fully saturated rings. The molecule has 1 aliphatic rings. The summed E-state index contributed by atoms with van der Waals surface area (Å²) in [5.74, 6) is -2.52. The lowest BCUT2D eigenvalue weighted by molar-refractivity contribution is -0.143. The summed E-state index contributed by atoms with van der Waals surface area (Å²) >= 11 is 0. The van der Waals surface area contributed by atoms with Gasteiger partial charge in [-0.2, -0.15) is 0 Å². The Hall–Kier alpha value is -2.23. The minimum absolute atomic E-state index is 0. The average molecular weight is 608 g/mol. The molecule has 1 saturated heterocycles. The third-order valence-corrected chi connectivity index (χ3v) is 5.29. The number of nitrogens with two attached hydrogens (primary N) is 4. The highest BCUT2D eigenvalue weighted by atomic mass is 35.5. The molecular formula is C23H48Cl2N6O8. The van der Waals surface area contributed by atoms with Crippen molar-refractivity contribution in [3.05, 3.63) is 0 Å². The molecule has 0 aromatic carbocycles. The van der Waals surface area contributed by atoms with Crippen LogP contribution in [0.3, 0.4) is 0 Å². The van der Waals surface area contributed by atoms with Crippen molar-refractivity contribution >= 4 is 54.5 Å². The van der Waals surface area contributed by atoms with Crippen LogP contribution in [0.25, 0.3) is 0 Å². The predicted molar refractivity (Wildman–Crippen MR) is 151 cm³/mol. The highest BCUT2D eigenvalue weighted by Crippen LogP contribution is 2.09. The third kappa shape index (κ3) is 25.8. The molecule has 3 atom stereocenters. The maximum absolute atomic E-state index is 11.0. The highest BCUT2D eigenvalue weighted by molar-refractivity contribution is 5.85. The number of carboxylic acids is 1. The average Bonchev–Trinajstić information content (AvgIpc) is 2.89. The first-order valence-corrected chi connectivity index (χ1v) is 12.3. The normalized spacial score (nSPS) is 14.5. The Labute approximate surface area is 243 Å². The van der Waals surface area contributed by atoms with E-state index in [0.717, 1.165) is 19.6 Å². The zero-order valence-electron chi connectivity index (χ0n) is 23.1. The van der Waals surface area contributed by atoms with Crippen molar-refractivity contribution in [3.8, 4) is 0 Å². The van der Waals surface area contributed by atoms with Gasteiger partial charge in [0.05, 0.1) is 14.2 Å². The van der Waals surface area contributed by atoms with Gasteiger partial charge in [0.1, 0.15) is 18.1 Å². The van der Waals surface area contributed by atoms with Gasteiger partial charge < -0.3 is 47.7 Å². The second-order valence-corrected chi connectivity index (χ2v) is 8.39. The first-order valence-electron chi connectivity index (χ1n) is 12.3. The van der Waals surface area contributed by atoms with E-state index in [1.165, 1.54) is 33.5 Å². The van der Waals surface area contributed by atoms with E-state index < -0.39 is 36.0 Å². The molecular weight excluding hydrogens is 559 g/mol. The number of methoxy groups -OCH3 is 2. The number of hydrogen-bond donors (Lipinski definition) is 6. The lowest BCUT2D eigenvalue weighted by atomic mass is 10.1. The van der Waals surface area contributed by atoms with Crippen molar-refractivity contribution < 1.29 is 38.6 Å². The van der Waals surface area contributed by atoms with Crippen LogP contribution < -0.4 is 28.3 Å². The number of piperidine rings is 1. The fourth-order valence-electron chi connectivity index (χ4n) is 3.04. The number of nitrogens with one attached hydrogen (secondary N) is 1. The standard InChI is InChI=1S/C10H20N2O2.C7H14N2O3.C6H12N2O3.2ClH/c1-14-10(13)9(11)5-8-12-6-3-2-4-7-12;1-2-9-6(10)4-3-5(8)7(11)12;1-11-6(10)4(7)2-3-5(8)9;;/h9H,2-8,11H2,1H3;5H,2-4,8H2,1H3,(H,9,10)(H,11,12);4H,2-3,7H2,1H3,(H2,8,9);2*1H/t;5-;;;/m.0.../s1. The number of amides is 2.